The van der Waals surface area contributed by atoms with Gasteiger partial charge in [-0.15, -0.1) is 0 Å². The number of benzene rings is 3. The van der Waals surface area contributed by atoms with Gasteiger partial charge in [0, 0.05) is 29.5 Å². The lowest BCUT2D eigenvalue weighted by Gasteiger charge is -2.11. The van der Waals surface area contributed by atoms with Gasteiger partial charge in [0.2, 0.25) is 11.8 Å². The molecular formula is C30H37N3O3. The number of anilines is 3. The van der Waals surface area contributed by atoms with Gasteiger partial charge < -0.3 is 20.7 Å². The fourth-order valence-electron chi connectivity index (χ4n) is 3.74. The van der Waals surface area contributed by atoms with Crippen LogP contribution in [0.4, 0.5) is 17.1 Å². The van der Waals surface area contributed by atoms with E-state index in [4.69, 9.17) is 4.74 Å². The van der Waals surface area contributed by atoms with Gasteiger partial charge in [-0.1, -0.05) is 69.0 Å². The molecule has 3 N–H and O–H groups in total. The Hall–Kier alpha value is -3.80. The Labute approximate surface area is 214 Å². The lowest BCUT2D eigenvalue weighted by Crippen LogP contribution is -2.21. The van der Waals surface area contributed by atoms with Crippen LogP contribution in [0, 0.1) is 0 Å². The second-order valence-electron chi connectivity index (χ2n) is 8.80. The second kappa shape index (κ2) is 15.2. The number of amides is 2. The van der Waals surface area contributed by atoms with Gasteiger partial charge in [-0.2, -0.15) is 0 Å². The molecule has 0 fully saturated rings. The highest BCUT2D eigenvalue weighted by atomic mass is 16.5. The molecule has 0 aromatic heterocycles. The highest BCUT2D eigenvalue weighted by Crippen LogP contribution is 2.18. The van der Waals surface area contributed by atoms with E-state index >= 15 is 0 Å². The summed E-state index contributed by atoms with van der Waals surface area (Å²) in [5, 5.41) is 8.92. The maximum absolute atomic E-state index is 12.4. The topological polar surface area (TPSA) is 79.5 Å². The van der Waals surface area contributed by atoms with Gasteiger partial charge in [-0.3, -0.25) is 9.59 Å². The van der Waals surface area contributed by atoms with E-state index in [1.165, 1.54) is 25.7 Å². The molecule has 2 amide bonds. The van der Waals surface area contributed by atoms with Crippen LogP contribution in [0.1, 0.15) is 51.0 Å². The van der Waals surface area contributed by atoms with Crippen molar-refractivity contribution in [2.24, 2.45) is 0 Å². The van der Waals surface area contributed by atoms with Gasteiger partial charge in [-0.05, 0) is 54.8 Å². The fraction of sp³-hybridized carbons (Fsp3) is 0.333. The first kappa shape index (κ1) is 26.8. The van der Waals surface area contributed by atoms with Gasteiger partial charge in [-0.25, -0.2) is 0 Å². The van der Waals surface area contributed by atoms with Crippen LogP contribution < -0.4 is 20.7 Å². The van der Waals surface area contributed by atoms with E-state index in [2.05, 4.69) is 22.9 Å². The van der Waals surface area contributed by atoms with Crippen molar-refractivity contribution in [3.63, 3.8) is 0 Å². The molecule has 3 aromatic carbocycles. The summed E-state index contributed by atoms with van der Waals surface area (Å²) in [6.45, 7) is 3.02. The predicted octanol–water partition coefficient (Wildman–Crippen LogP) is 6.66. The molecule has 0 bridgehead atoms. The third-order valence-corrected chi connectivity index (χ3v) is 5.74. The van der Waals surface area contributed by atoms with Gasteiger partial charge >= 0.3 is 0 Å². The Morgan fingerprint density at radius 3 is 2.22 bits per heavy atom. The average Bonchev–Trinajstić information content (AvgIpc) is 2.90. The Morgan fingerprint density at radius 1 is 0.722 bits per heavy atom. The molecule has 6 nitrogen and oxygen atoms in total. The van der Waals surface area contributed by atoms with E-state index in [-0.39, 0.29) is 18.4 Å². The zero-order valence-corrected chi connectivity index (χ0v) is 21.1. The molecule has 0 radical (unpaired) electrons. The van der Waals surface area contributed by atoms with Crippen LogP contribution in [0.2, 0.25) is 0 Å². The first-order valence-electron chi connectivity index (χ1n) is 12.8. The number of unbranched alkanes of at least 4 members (excludes halogenated alkanes) is 4. The predicted molar refractivity (Wildman–Crippen MR) is 148 cm³/mol. The van der Waals surface area contributed by atoms with E-state index in [0.29, 0.717) is 25.1 Å². The van der Waals surface area contributed by atoms with Crippen LogP contribution >= 0.6 is 0 Å². The molecule has 3 rings (SSSR count). The summed E-state index contributed by atoms with van der Waals surface area (Å²) in [5.74, 6) is 0.587. The van der Waals surface area contributed by atoms with Crippen LogP contribution in [-0.2, 0) is 16.0 Å². The van der Waals surface area contributed by atoms with Crippen molar-refractivity contribution in [1.29, 1.82) is 0 Å². The number of nitrogens with one attached hydrogen (secondary N) is 3. The van der Waals surface area contributed by atoms with Crippen molar-refractivity contribution < 1.29 is 14.3 Å². The van der Waals surface area contributed by atoms with Crippen molar-refractivity contribution in [1.82, 2.24) is 0 Å². The number of carbonyl (C=O) groups excluding carboxylic acids is 2. The molecule has 0 saturated carbocycles. The van der Waals surface area contributed by atoms with Crippen LogP contribution in [-0.4, -0.2) is 25.0 Å². The average molecular weight is 488 g/mol. The minimum Gasteiger partial charge on any atom is -0.494 e. The SMILES string of the molecule is CCCCCCCOc1cccc(NC(=O)CNc2ccc(NC(=O)CCc3ccccc3)cc2)c1. The molecule has 3 aromatic rings. The van der Waals surface area contributed by atoms with Gasteiger partial charge in [0.1, 0.15) is 5.75 Å². The Balaban J connectivity index is 1.36. The largest absolute Gasteiger partial charge is 0.494 e. The molecular weight excluding hydrogens is 450 g/mol. The molecule has 0 aliphatic heterocycles. The van der Waals surface area contributed by atoms with Crippen LogP contribution in [0.25, 0.3) is 0 Å². The summed E-state index contributed by atoms with van der Waals surface area (Å²) in [4.78, 5) is 24.6. The molecule has 0 heterocycles. The van der Waals surface area contributed by atoms with E-state index in [9.17, 15) is 9.59 Å². The highest BCUT2D eigenvalue weighted by molar-refractivity contribution is 5.94. The van der Waals surface area contributed by atoms with Crippen LogP contribution in [0.15, 0.2) is 78.9 Å². The van der Waals surface area contributed by atoms with Crippen LogP contribution in [0.5, 0.6) is 5.75 Å². The molecule has 0 aliphatic rings. The molecule has 0 saturated heterocycles. The van der Waals surface area contributed by atoms with E-state index < -0.39 is 0 Å². The monoisotopic (exact) mass is 487 g/mol. The lowest BCUT2D eigenvalue weighted by molar-refractivity contribution is -0.116. The van der Waals surface area contributed by atoms with Gasteiger partial charge in [0.05, 0.1) is 13.2 Å². The number of carbonyl (C=O) groups is 2. The Morgan fingerprint density at radius 2 is 1.44 bits per heavy atom. The first-order valence-corrected chi connectivity index (χ1v) is 12.8. The highest BCUT2D eigenvalue weighted by Gasteiger charge is 2.06. The summed E-state index contributed by atoms with van der Waals surface area (Å²) in [5.41, 5.74) is 3.37. The van der Waals surface area contributed by atoms with E-state index in [0.717, 1.165) is 29.1 Å². The number of hydrogen-bond donors (Lipinski definition) is 3. The second-order valence-corrected chi connectivity index (χ2v) is 8.80. The first-order chi connectivity index (χ1) is 17.6. The summed E-state index contributed by atoms with van der Waals surface area (Å²) in [6, 6.07) is 24.8. The third kappa shape index (κ3) is 10.2. The Bertz CT molecular complexity index is 1070. The summed E-state index contributed by atoms with van der Waals surface area (Å²) >= 11 is 0. The van der Waals surface area contributed by atoms with E-state index in [1.54, 1.807) is 0 Å². The maximum Gasteiger partial charge on any atom is 0.243 e. The van der Waals surface area contributed by atoms with Crippen LogP contribution in [0.3, 0.4) is 0 Å². The molecule has 0 aliphatic carbocycles. The molecule has 0 spiro atoms. The zero-order chi connectivity index (χ0) is 25.4. The number of rotatable bonds is 15. The van der Waals surface area contributed by atoms with Crippen molar-refractivity contribution >= 4 is 28.9 Å². The number of ether oxygens (including phenoxy) is 1. The standard InChI is InChI=1S/C30H37N3O3/c1-2-3-4-5-9-21-36-28-14-10-13-27(22-28)33-30(35)23-31-25-16-18-26(19-17-25)32-29(34)20-15-24-11-7-6-8-12-24/h6-8,10-14,16-19,22,31H,2-5,9,15,20-21,23H2,1H3,(H,32,34)(H,33,35). The normalized spacial score (nSPS) is 10.5. The van der Waals surface area contributed by atoms with Gasteiger partial charge in [0.15, 0.2) is 0 Å². The molecule has 0 unspecified atom stereocenters. The summed E-state index contributed by atoms with van der Waals surface area (Å²) in [6.07, 6.45) is 7.09. The van der Waals surface area contributed by atoms with Crippen molar-refractivity contribution in [2.45, 2.75) is 51.9 Å². The summed E-state index contributed by atoms with van der Waals surface area (Å²) < 4.78 is 5.82. The summed E-state index contributed by atoms with van der Waals surface area (Å²) in [7, 11) is 0. The van der Waals surface area contributed by atoms with Gasteiger partial charge in [0.25, 0.3) is 0 Å². The third-order valence-electron chi connectivity index (χ3n) is 5.74. The van der Waals surface area contributed by atoms with Crippen molar-refractivity contribution in [2.75, 3.05) is 29.1 Å². The van der Waals surface area contributed by atoms with Crippen molar-refractivity contribution in [3.8, 4) is 5.75 Å². The molecule has 36 heavy (non-hydrogen) atoms. The Kier molecular flexibility index (Phi) is 11.4. The molecule has 190 valence electrons. The number of aryl methyl sites for hydroxylation is 1. The zero-order valence-electron chi connectivity index (χ0n) is 21.1. The van der Waals surface area contributed by atoms with Crippen molar-refractivity contribution in [3.05, 3.63) is 84.4 Å². The molecule has 0 atom stereocenters. The smallest absolute Gasteiger partial charge is 0.243 e. The lowest BCUT2D eigenvalue weighted by atomic mass is 10.1. The maximum atomic E-state index is 12.4. The fourth-order valence-corrected chi connectivity index (χ4v) is 3.74. The quantitative estimate of drug-likeness (QED) is 0.210. The minimum atomic E-state index is -0.148. The minimum absolute atomic E-state index is 0.0263. The number of hydrogen-bond acceptors (Lipinski definition) is 4. The molecule has 6 heteroatoms. The van der Waals surface area contributed by atoms with E-state index in [1.807, 2.05) is 78.9 Å².